The van der Waals surface area contributed by atoms with E-state index in [9.17, 15) is 5.11 Å². The molecule has 1 N–H and O–H groups in total. The second-order valence-corrected chi connectivity index (χ2v) is 8.42. The minimum atomic E-state index is 0.182. The molecule has 2 saturated heterocycles. The Bertz CT molecular complexity index is 753. The first-order chi connectivity index (χ1) is 13.6. The van der Waals surface area contributed by atoms with Gasteiger partial charge in [-0.25, -0.2) is 4.68 Å². The number of ether oxygens (including phenoxy) is 1. The molecule has 0 amide bonds. The minimum Gasteiger partial charge on any atom is -0.396 e. The molecular formula is C19H31N7O2. The summed E-state index contributed by atoms with van der Waals surface area (Å²) in [6.07, 6.45) is 6.21. The van der Waals surface area contributed by atoms with Crippen LogP contribution in [-0.2, 0) is 17.8 Å². The van der Waals surface area contributed by atoms with Crippen molar-refractivity contribution >= 4 is 0 Å². The second-order valence-electron chi connectivity index (χ2n) is 8.42. The zero-order chi connectivity index (χ0) is 19.5. The lowest BCUT2D eigenvalue weighted by atomic mass is 9.92. The van der Waals surface area contributed by atoms with Gasteiger partial charge in [-0.2, -0.15) is 5.10 Å². The largest absolute Gasteiger partial charge is 0.396 e. The lowest BCUT2D eigenvalue weighted by Gasteiger charge is -2.22. The van der Waals surface area contributed by atoms with E-state index >= 15 is 0 Å². The van der Waals surface area contributed by atoms with Crippen LogP contribution >= 0.6 is 0 Å². The van der Waals surface area contributed by atoms with Gasteiger partial charge in [0.05, 0.1) is 12.7 Å². The number of tetrazole rings is 1. The van der Waals surface area contributed by atoms with Crippen molar-refractivity contribution in [2.45, 2.75) is 51.7 Å². The first-order valence-electron chi connectivity index (χ1n) is 10.3. The molecule has 2 atom stereocenters. The Morgan fingerprint density at radius 1 is 1.25 bits per heavy atom. The molecule has 4 rings (SSSR count). The number of aliphatic hydroxyl groups excluding tert-OH is 1. The number of hydrogen-bond donors (Lipinski definition) is 1. The smallest absolute Gasteiger partial charge is 0.165 e. The number of hydrogen-bond acceptors (Lipinski definition) is 7. The maximum absolute atomic E-state index is 9.92. The van der Waals surface area contributed by atoms with Gasteiger partial charge in [-0.15, -0.1) is 5.10 Å². The first-order valence-corrected chi connectivity index (χ1v) is 10.3. The molecule has 2 fully saturated rings. The van der Waals surface area contributed by atoms with E-state index in [0.29, 0.717) is 18.5 Å². The van der Waals surface area contributed by atoms with E-state index in [-0.39, 0.29) is 18.4 Å². The predicted octanol–water partition coefficient (Wildman–Crippen LogP) is 1.08. The van der Waals surface area contributed by atoms with Gasteiger partial charge in [0.2, 0.25) is 0 Å². The van der Waals surface area contributed by atoms with Gasteiger partial charge in [0.15, 0.2) is 5.82 Å². The van der Waals surface area contributed by atoms with E-state index in [1.165, 1.54) is 5.56 Å². The van der Waals surface area contributed by atoms with Crippen molar-refractivity contribution < 1.29 is 9.84 Å². The van der Waals surface area contributed by atoms with Crippen molar-refractivity contribution in [3.8, 4) is 0 Å². The number of aliphatic hydroxyl groups is 1. The van der Waals surface area contributed by atoms with Crippen molar-refractivity contribution in [2.75, 3.05) is 32.9 Å². The van der Waals surface area contributed by atoms with Crippen LogP contribution < -0.4 is 0 Å². The van der Waals surface area contributed by atoms with Crippen LogP contribution in [0.15, 0.2) is 12.4 Å². The maximum Gasteiger partial charge on any atom is 0.165 e. The summed E-state index contributed by atoms with van der Waals surface area (Å²) in [6.45, 7) is 9.39. The van der Waals surface area contributed by atoms with E-state index in [4.69, 9.17) is 4.74 Å². The third-order valence-electron chi connectivity index (χ3n) is 6.07. The van der Waals surface area contributed by atoms with E-state index in [2.05, 4.69) is 45.6 Å². The average Bonchev–Trinajstić information content (AvgIpc) is 3.43. The quantitative estimate of drug-likeness (QED) is 0.757. The molecule has 4 heterocycles. The summed E-state index contributed by atoms with van der Waals surface area (Å²) in [5.74, 6) is 1.98. The van der Waals surface area contributed by atoms with E-state index in [0.717, 1.165) is 51.5 Å². The molecule has 9 heteroatoms. The molecule has 0 spiro atoms. The highest BCUT2D eigenvalue weighted by Crippen LogP contribution is 2.33. The molecule has 2 aliphatic heterocycles. The number of likely N-dealkylation sites (tertiary alicyclic amines) is 1. The van der Waals surface area contributed by atoms with Crippen LogP contribution in [0.3, 0.4) is 0 Å². The molecule has 2 aromatic rings. The van der Waals surface area contributed by atoms with Crippen LogP contribution in [0.5, 0.6) is 0 Å². The Morgan fingerprint density at radius 2 is 2.07 bits per heavy atom. The van der Waals surface area contributed by atoms with E-state index in [1.807, 2.05) is 15.6 Å². The normalized spacial score (nSPS) is 24.4. The highest BCUT2D eigenvalue weighted by Gasteiger charge is 2.35. The molecule has 0 aliphatic carbocycles. The van der Waals surface area contributed by atoms with E-state index < -0.39 is 0 Å². The monoisotopic (exact) mass is 389 g/mol. The number of nitrogens with zero attached hydrogens (tertiary/aromatic N) is 7. The highest BCUT2D eigenvalue weighted by atomic mass is 16.5. The molecule has 28 heavy (non-hydrogen) atoms. The fraction of sp³-hybridized carbons (Fsp3) is 0.789. The third kappa shape index (κ3) is 4.26. The van der Waals surface area contributed by atoms with Gasteiger partial charge in [-0.1, -0.05) is 0 Å². The molecule has 0 saturated carbocycles. The third-order valence-corrected chi connectivity index (χ3v) is 6.07. The molecular weight excluding hydrogens is 358 g/mol. The van der Waals surface area contributed by atoms with Crippen molar-refractivity contribution in [1.29, 1.82) is 0 Å². The van der Waals surface area contributed by atoms with E-state index in [1.54, 1.807) is 0 Å². The van der Waals surface area contributed by atoms with Crippen LogP contribution in [0.4, 0.5) is 0 Å². The molecule has 9 nitrogen and oxygen atoms in total. The van der Waals surface area contributed by atoms with Crippen LogP contribution in [0.1, 0.15) is 50.0 Å². The summed E-state index contributed by atoms with van der Waals surface area (Å²) in [6, 6.07) is 0.341. The minimum absolute atomic E-state index is 0.182. The van der Waals surface area contributed by atoms with Gasteiger partial charge in [-0.3, -0.25) is 9.58 Å². The first kappa shape index (κ1) is 19.5. The van der Waals surface area contributed by atoms with Crippen molar-refractivity contribution in [3.63, 3.8) is 0 Å². The SMILES string of the molecule is CC(C)n1cc([C@@H]2CN(Cc3nnnn3CC3CCOCC3)C[C@H]2CO)cn1. The Balaban J connectivity index is 1.41. The molecule has 2 aromatic heterocycles. The zero-order valence-corrected chi connectivity index (χ0v) is 16.8. The molecule has 0 bridgehead atoms. The average molecular weight is 390 g/mol. The lowest BCUT2D eigenvalue weighted by Crippen LogP contribution is -2.26. The van der Waals surface area contributed by atoms with Crippen LogP contribution in [0, 0.1) is 11.8 Å². The fourth-order valence-electron chi connectivity index (χ4n) is 4.33. The lowest BCUT2D eigenvalue weighted by molar-refractivity contribution is 0.0594. The fourth-order valence-corrected chi connectivity index (χ4v) is 4.33. The zero-order valence-electron chi connectivity index (χ0n) is 16.8. The second kappa shape index (κ2) is 8.67. The van der Waals surface area contributed by atoms with Crippen LogP contribution in [0.25, 0.3) is 0 Å². The summed E-state index contributed by atoms with van der Waals surface area (Å²) in [5.41, 5.74) is 1.21. The van der Waals surface area contributed by atoms with Crippen molar-refractivity contribution in [3.05, 3.63) is 23.8 Å². The number of aromatic nitrogens is 6. The highest BCUT2D eigenvalue weighted by molar-refractivity contribution is 5.16. The topological polar surface area (TPSA) is 94.1 Å². The van der Waals surface area contributed by atoms with Gasteiger partial charge in [0.25, 0.3) is 0 Å². The van der Waals surface area contributed by atoms with Gasteiger partial charge in [0, 0.05) is 63.5 Å². The van der Waals surface area contributed by atoms with Gasteiger partial charge in [-0.05, 0) is 48.6 Å². The van der Waals surface area contributed by atoms with Crippen LogP contribution in [-0.4, -0.2) is 72.9 Å². The van der Waals surface area contributed by atoms with Crippen LogP contribution in [0.2, 0.25) is 0 Å². The summed E-state index contributed by atoms with van der Waals surface area (Å²) in [5, 5.41) is 26.8. The summed E-state index contributed by atoms with van der Waals surface area (Å²) < 4.78 is 9.39. The Labute approximate surface area is 165 Å². The number of rotatable bonds is 7. The molecule has 0 unspecified atom stereocenters. The Morgan fingerprint density at radius 3 is 2.79 bits per heavy atom. The summed E-state index contributed by atoms with van der Waals surface area (Å²) in [4.78, 5) is 2.35. The molecule has 154 valence electrons. The van der Waals surface area contributed by atoms with Gasteiger partial charge >= 0.3 is 0 Å². The predicted molar refractivity (Wildman–Crippen MR) is 103 cm³/mol. The Hall–Kier alpha value is -1.84. The van der Waals surface area contributed by atoms with Crippen molar-refractivity contribution in [1.82, 2.24) is 34.9 Å². The van der Waals surface area contributed by atoms with Gasteiger partial charge < -0.3 is 9.84 Å². The maximum atomic E-state index is 9.92. The van der Waals surface area contributed by atoms with Crippen molar-refractivity contribution in [2.24, 2.45) is 11.8 Å². The standard InChI is InChI=1S/C19H31N7O2/c1-14(2)25-10-16(7-20-25)18-11-24(9-17(18)13-27)12-19-21-22-23-26(19)8-15-3-5-28-6-4-15/h7,10,14-15,17-18,27H,3-6,8-9,11-13H2,1-2H3/t17-,18-/m0/s1. The summed E-state index contributed by atoms with van der Waals surface area (Å²) >= 11 is 0. The molecule has 0 radical (unpaired) electrons. The summed E-state index contributed by atoms with van der Waals surface area (Å²) in [7, 11) is 0. The molecule has 2 aliphatic rings. The van der Waals surface area contributed by atoms with Gasteiger partial charge in [0.1, 0.15) is 0 Å². The Kier molecular flexibility index (Phi) is 6.03. The molecule has 0 aromatic carbocycles.